The molecule has 0 aliphatic carbocycles. The first-order valence-electron chi connectivity index (χ1n) is 6.11. The first-order chi connectivity index (χ1) is 9.15. The molecule has 19 heavy (non-hydrogen) atoms. The molecule has 1 aromatic heterocycles. The van der Waals surface area contributed by atoms with Gasteiger partial charge in [0.05, 0.1) is 16.6 Å². The molecule has 0 aliphatic rings. The number of halogens is 2. The van der Waals surface area contributed by atoms with E-state index < -0.39 is 17.7 Å². The molecule has 0 amide bonds. The molecule has 2 aromatic rings. The number of hydrogen-bond acceptors (Lipinski definition) is 4. The van der Waals surface area contributed by atoms with Gasteiger partial charge in [0.1, 0.15) is 0 Å². The number of nitrogens with zero attached hydrogens (tertiary/aromatic N) is 2. The van der Waals surface area contributed by atoms with E-state index in [2.05, 4.69) is 14.9 Å². The Kier molecular flexibility index (Phi) is 4.55. The Balaban J connectivity index is 2.43. The Morgan fingerprint density at radius 1 is 1.37 bits per heavy atom. The lowest BCUT2D eigenvalue weighted by atomic mass is 10.0. The summed E-state index contributed by atoms with van der Waals surface area (Å²) in [6, 6.07) is 3.81. The van der Waals surface area contributed by atoms with E-state index in [1.165, 1.54) is 17.6 Å². The molecule has 1 N–H and O–H groups in total. The molecular weight excluding hydrogens is 268 g/mol. The van der Waals surface area contributed by atoms with Crippen molar-refractivity contribution in [1.29, 1.82) is 0 Å². The van der Waals surface area contributed by atoms with E-state index in [1.54, 1.807) is 6.07 Å². The average Bonchev–Trinajstić information content (AvgIpc) is 2.81. The highest BCUT2D eigenvalue weighted by Gasteiger charge is 2.23. The second kappa shape index (κ2) is 6.16. The van der Waals surface area contributed by atoms with Crippen LogP contribution in [-0.2, 0) is 0 Å². The van der Waals surface area contributed by atoms with Gasteiger partial charge >= 0.3 is 0 Å². The topological polar surface area (TPSA) is 37.8 Å². The fourth-order valence-electron chi connectivity index (χ4n) is 1.88. The smallest absolute Gasteiger partial charge is 0.163 e. The lowest BCUT2D eigenvalue weighted by Gasteiger charge is -2.18. The summed E-state index contributed by atoms with van der Waals surface area (Å²) in [5.41, 5.74) is 1.03. The summed E-state index contributed by atoms with van der Waals surface area (Å²) in [7, 11) is 0. The Morgan fingerprint density at radius 2 is 2.16 bits per heavy atom. The van der Waals surface area contributed by atoms with Gasteiger partial charge in [0.25, 0.3) is 0 Å². The Bertz CT molecular complexity index is 557. The number of rotatable bonds is 5. The van der Waals surface area contributed by atoms with Gasteiger partial charge in [-0.2, -0.15) is 0 Å². The number of benzene rings is 1. The predicted octanol–water partition coefficient (Wildman–Crippen LogP) is 3.21. The van der Waals surface area contributed by atoms with Crippen LogP contribution < -0.4 is 5.32 Å². The van der Waals surface area contributed by atoms with Crippen molar-refractivity contribution in [2.45, 2.75) is 26.3 Å². The monoisotopic (exact) mass is 283 g/mol. The quantitative estimate of drug-likeness (QED) is 0.915. The predicted molar refractivity (Wildman–Crippen MR) is 71.1 cm³/mol. The highest BCUT2D eigenvalue weighted by molar-refractivity contribution is 7.05. The molecule has 1 aromatic carbocycles. The first kappa shape index (κ1) is 14.0. The van der Waals surface area contributed by atoms with Gasteiger partial charge in [-0.3, -0.25) is 0 Å². The molecule has 3 nitrogen and oxygen atoms in total. The zero-order valence-electron chi connectivity index (χ0n) is 10.8. The summed E-state index contributed by atoms with van der Waals surface area (Å²) in [6.07, 6.45) is 0.902. The van der Waals surface area contributed by atoms with E-state index in [4.69, 9.17) is 0 Å². The van der Waals surface area contributed by atoms with Gasteiger partial charge in [-0.25, -0.2) is 8.78 Å². The third-order valence-electron chi connectivity index (χ3n) is 2.84. The summed E-state index contributed by atoms with van der Waals surface area (Å²) in [5.74, 6) is -1.65. The van der Waals surface area contributed by atoms with Gasteiger partial charge in [0.2, 0.25) is 0 Å². The largest absolute Gasteiger partial charge is 0.305 e. The Hall–Kier alpha value is -1.40. The highest BCUT2D eigenvalue weighted by atomic mass is 32.1. The van der Waals surface area contributed by atoms with Crippen LogP contribution in [0.1, 0.15) is 35.5 Å². The zero-order chi connectivity index (χ0) is 13.8. The van der Waals surface area contributed by atoms with Gasteiger partial charge in [-0.05, 0) is 37.5 Å². The van der Waals surface area contributed by atoms with Crippen molar-refractivity contribution in [3.05, 3.63) is 46.0 Å². The maximum Gasteiger partial charge on any atom is 0.163 e. The SMILES string of the molecule is CCCNC(c1cccc(F)c1F)c1snnc1C. The molecule has 2 rings (SSSR count). The van der Waals surface area contributed by atoms with Crippen molar-refractivity contribution in [3.63, 3.8) is 0 Å². The molecule has 0 saturated carbocycles. The molecule has 6 heteroatoms. The van der Waals surface area contributed by atoms with Gasteiger partial charge in [-0.15, -0.1) is 5.10 Å². The zero-order valence-corrected chi connectivity index (χ0v) is 11.6. The van der Waals surface area contributed by atoms with Crippen molar-refractivity contribution in [1.82, 2.24) is 14.9 Å². The summed E-state index contributed by atoms with van der Waals surface area (Å²) in [5, 5.41) is 7.16. The van der Waals surface area contributed by atoms with Crippen molar-refractivity contribution in [2.24, 2.45) is 0 Å². The molecule has 1 heterocycles. The molecule has 0 fully saturated rings. The first-order valence-corrected chi connectivity index (χ1v) is 6.88. The summed E-state index contributed by atoms with van der Waals surface area (Å²) < 4.78 is 31.2. The molecule has 0 spiro atoms. The van der Waals surface area contributed by atoms with Crippen LogP contribution in [0.25, 0.3) is 0 Å². The molecule has 0 bridgehead atoms. The van der Waals surface area contributed by atoms with Crippen molar-refractivity contribution < 1.29 is 8.78 Å². The van der Waals surface area contributed by atoms with Crippen LogP contribution in [0.5, 0.6) is 0 Å². The maximum absolute atomic E-state index is 14.0. The van der Waals surface area contributed by atoms with Gasteiger partial charge in [0, 0.05) is 5.56 Å². The second-order valence-corrected chi connectivity index (χ2v) is 5.04. The lowest BCUT2D eigenvalue weighted by Crippen LogP contribution is -2.24. The third kappa shape index (κ3) is 2.96. The molecule has 102 valence electrons. The average molecular weight is 283 g/mol. The normalized spacial score (nSPS) is 12.6. The van der Waals surface area contributed by atoms with E-state index in [9.17, 15) is 8.78 Å². The van der Waals surface area contributed by atoms with Crippen LogP contribution in [0, 0.1) is 18.6 Å². The summed E-state index contributed by atoms with van der Waals surface area (Å²) >= 11 is 1.20. The molecule has 0 radical (unpaired) electrons. The standard InChI is InChI=1S/C13H15F2N3S/c1-3-7-16-12(13-8(2)17-18-19-13)9-5-4-6-10(14)11(9)15/h4-6,12,16H,3,7H2,1-2H3. The van der Waals surface area contributed by atoms with Crippen molar-refractivity contribution >= 4 is 11.5 Å². The molecular formula is C13H15F2N3S. The fraction of sp³-hybridized carbons (Fsp3) is 0.385. The lowest BCUT2D eigenvalue weighted by molar-refractivity contribution is 0.481. The van der Waals surface area contributed by atoms with Crippen LogP contribution >= 0.6 is 11.5 Å². The van der Waals surface area contributed by atoms with Crippen LogP contribution in [0.15, 0.2) is 18.2 Å². The maximum atomic E-state index is 14.0. The van der Waals surface area contributed by atoms with Crippen LogP contribution in [-0.4, -0.2) is 16.1 Å². The van der Waals surface area contributed by atoms with Crippen LogP contribution in [0.2, 0.25) is 0 Å². The van der Waals surface area contributed by atoms with Crippen molar-refractivity contribution in [3.8, 4) is 0 Å². The Morgan fingerprint density at radius 3 is 2.79 bits per heavy atom. The van der Waals surface area contributed by atoms with Crippen LogP contribution in [0.3, 0.4) is 0 Å². The van der Waals surface area contributed by atoms with E-state index in [-0.39, 0.29) is 0 Å². The van der Waals surface area contributed by atoms with E-state index in [0.29, 0.717) is 12.1 Å². The highest BCUT2D eigenvalue weighted by Crippen LogP contribution is 2.29. The molecule has 0 aliphatic heterocycles. The second-order valence-electron chi connectivity index (χ2n) is 4.25. The number of aromatic nitrogens is 2. The number of hydrogen-bond donors (Lipinski definition) is 1. The van der Waals surface area contributed by atoms with Crippen molar-refractivity contribution in [2.75, 3.05) is 6.54 Å². The summed E-state index contributed by atoms with van der Waals surface area (Å²) in [6.45, 7) is 4.54. The Labute approximate surface area is 114 Å². The molecule has 1 unspecified atom stereocenters. The van der Waals surface area contributed by atoms with Gasteiger partial charge in [0.15, 0.2) is 11.6 Å². The van der Waals surface area contributed by atoms with E-state index in [0.717, 1.165) is 23.1 Å². The summed E-state index contributed by atoms with van der Waals surface area (Å²) in [4.78, 5) is 0.818. The fourth-order valence-corrected chi connectivity index (χ4v) is 2.62. The van der Waals surface area contributed by atoms with E-state index in [1.807, 2.05) is 13.8 Å². The van der Waals surface area contributed by atoms with Gasteiger partial charge < -0.3 is 5.32 Å². The molecule has 1 atom stereocenters. The van der Waals surface area contributed by atoms with Gasteiger partial charge in [-0.1, -0.05) is 23.5 Å². The van der Waals surface area contributed by atoms with E-state index >= 15 is 0 Å². The minimum atomic E-state index is -0.837. The number of nitrogens with one attached hydrogen (secondary N) is 1. The minimum Gasteiger partial charge on any atom is -0.305 e. The molecule has 0 saturated heterocycles. The minimum absolute atomic E-state index is 0.294. The van der Waals surface area contributed by atoms with Crippen LogP contribution in [0.4, 0.5) is 8.78 Å². The third-order valence-corrected chi connectivity index (χ3v) is 3.73. The number of aryl methyl sites for hydroxylation is 1.